The lowest BCUT2D eigenvalue weighted by Gasteiger charge is -2.24. The maximum atomic E-state index is 12.1. The lowest BCUT2D eigenvalue weighted by atomic mass is 10.1. The molecule has 264 valence electrons. The van der Waals surface area contributed by atoms with Crippen LogP contribution in [0.4, 0.5) is 0 Å². The number of ether oxygens (including phenoxy) is 6. The van der Waals surface area contributed by atoms with E-state index in [0.29, 0.717) is 32.7 Å². The lowest BCUT2D eigenvalue weighted by molar-refractivity contribution is -0.160. The number of halogens is 2. The zero-order valence-electron chi connectivity index (χ0n) is 27.8. The average Bonchev–Trinajstić information content (AvgIpc) is 3.11. The van der Waals surface area contributed by atoms with Gasteiger partial charge in [-0.3, -0.25) is 9.97 Å². The minimum atomic E-state index is -1.19. The third kappa shape index (κ3) is 13.4. The first-order valence-corrected chi connectivity index (χ1v) is 15.9. The molecule has 0 unspecified atom stereocenters. The van der Waals surface area contributed by atoms with E-state index in [0.717, 1.165) is 0 Å². The minimum Gasteiger partial charge on any atom is -0.476 e. The highest BCUT2D eigenvalue weighted by atomic mass is 35.5. The lowest BCUT2D eigenvalue weighted by Crippen LogP contribution is -2.40. The van der Waals surface area contributed by atoms with E-state index >= 15 is 0 Å². The van der Waals surface area contributed by atoms with E-state index in [4.69, 9.17) is 51.6 Å². The largest absolute Gasteiger partial charge is 0.476 e. The van der Waals surface area contributed by atoms with E-state index in [2.05, 4.69) is 9.97 Å². The van der Waals surface area contributed by atoms with Crippen LogP contribution in [0.3, 0.4) is 0 Å². The van der Waals surface area contributed by atoms with Gasteiger partial charge in [0.05, 0.1) is 11.1 Å². The molecule has 0 fully saturated rings. The second-order valence-corrected chi connectivity index (χ2v) is 12.0. The van der Waals surface area contributed by atoms with Gasteiger partial charge in [0.25, 0.3) is 0 Å². The molecular weight excluding hydrogens is 691 g/mol. The maximum absolute atomic E-state index is 12.1. The number of hydrogen-bond donors (Lipinski definition) is 0. The number of carbonyl (C=O) groups is 4. The molecule has 0 spiro atoms. The summed E-state index contributed by atoms with van der Waals surface area (Å²) < 4.78 is 31.5. The van der Waals surface area contributed by atoms with Crippen molar-refractivity contribution in [1.29, 1.82) is 0 Å². The predicted molar refractivity (Wildman–Crippen MR) is 183 cm³/mol. The second-order valence-electron chi connectivity index (χ2n) is 11.2. The number of pyridine rings is 2. The molecule has 12 nitrogen and oxygen atoms in total. The van der Waals surface area contributed by atoms with E-state index < -0.39 is 35.1 Å². The first-order chi connectivity index (χ1) is 23.8. The molecule has 50 heavy (non-hydrogen) atoms. The van der Waals surface area contributed by atoms with Crippen LogP contribution < -0.4 is 9.47 Å². The summed E-state index contributed by atoms with van der Waals surface area (Å²) in [4.78, 5) is 55.3. The van der Waals surface area contributed by atoms with Crippen LogP contribution in [0.5, 0.6) is 11.5 Å². The molecule has 2 aromatic carbocycles. The smallest absolute Gasteiger partial charge is 0.350 e. The minimum absolute atomic E-state index is 0.0590. The van der Waals surface area contributed by atoms with Crippen LogP contribution in [0.25, 0.3) is 0 Å². The molecule has 0 saturated carbocycles. The molecule has 0 aliphatic carbocycles. The van der Waals surface area contributed by atoms with E-state index in [9.17, 15) is 19.2 Å². The average molecular weight is 728 g/mol. The third-order valence-electron chi connectivity index (χ3n) is 6.25. The van der Waals surface area contributed by atoms with Crippen LogP contribution in [0, 0.1) is 0 Å². The summed E-state index contributed by atoms with van der Waals surface area (Å²) in [6.07, 6.45) is 5.91. The van der Waals surface area contributed by atoms with Crippen molar-refractivity contribution < 1.29 is 47.6 Å². The Labute approximate surface area is 299 Å². The normalized spacial score (nSPS) is 10.8. The molecule has 0 aliphatic heterocycles. The Hall–Kier alpha value is -5.20. The van der Waals surface area contributed by atoms with Crippen molar-refractivity contribution in [3.8, 4) is 11.5 Å². The molecule has 0 aliphatic rings. The third-order valence-corrected chi connectivity index (χ3v) is 6.75. The summed E-state index contributed by atoms with van der Waals surface area (Å²) in [5.41, 5.74) is -1.72. The number of nitrogens with zero attached hydrogens (tertiary/aromatic N) is 2. The first kappa shape index (κ1) is 39.2. The van der Waals surface area contributed by atoms with Crippen molar-refractivity contribution in [1.82, 2.24) is 9.97 Å². The number of rotatable bonds is 14. The van der Waals surface area contributed by atoms with Gasteiger partial charge in [-0.15, -0.1) is 0 Å². The van der Waals surface area contributed by atoms with Gasteiger partial charge in [0.15, 0.2) is 11.2 Å². The highest BCUT2D eigenvalue weighted by Gasteiger charge is 2.33. The van der Waals surface area contributed by atoms with Gasteiger partial charge in [0.2, 0.25) is 0 Å². The molecule has 0 atom stereocenters. The summed E-state index contributed by atoms with van der Waals surface area (Å²) in [5, 5.41) is 1.14. The van der Waals surface area contributed by atoms with E-state index in [1.165, 1.54) is 12.4 Å². The maximum Gasteiger partial charge on any atom is 0.350 e. The molecule has 14 heteroatoms. The van der Waals surface area contributed by atoms with Crippen LogP contribution >= 0.6 is 23.2 Å². The molecule has 4 rings (SSSR count). The second kappa shape index (κ2) is 19.1. The summed E-state index contributed by atoms with van der Waals surface area (Å²) in [6, 6.07) is 19.7. The van der Waals surface area contributed by atoms with Gasteiger partial charge in [-0.05, 0) is 100 Å². The van der Waals surface area contributed by atoms with E-state index in [1.54, 1.807) is 113 Å². The summed E-state index contributed by atoms with van der Waals surface area (Å²) in [5.74, 6) is -1.20. The highest BCUT2D eigenvalue weighted by Crippen LogP contribution is 2.23. The molecular formula is C36H36Cl2N2O10. The van der Waals surface area contributed by atoms with Gasteiger partial charge in [-0.1, -0.05) is 23.2 Å². The summed E-state index contributed by atoms with van der Waals surface area (Å²) >= 11 is 11.6. The van der Waals surface area contributed by atoms with Gasteiger partial charge in [0, 0.05) is 34.8 Å². The Balaban J connectivity index is 0.000000270. The van der Waals surface area contributed by atoms with Crippen LogP contribution in [0.15, 0.2) is 97.6 Å². The van der Waals surface area contributed by atoms with Gasteiger partial charge < -0.3 is 28.4 Å². The zero-order valence-corrected chi connectivity index (χ0v) is 29.3. The highest BCUT2D eigenvalue weighted by molar-refractivity contribution is 6.30. The van der Waals surface area contributed by atoms with Gasteiger partial charge in [-0.25, -0.2) is 19.2 Å². The van der Waals surface area contributed by atoms with Crippen LogP contribution in [-0.2, 0) is 28.5 Å². The SMILES string of the molecule is CC(C)(Oc1ccc(Cl)cc1)C(=O)OCCOC(=O)c1cccnc1.CC(C)(Oc1ccc(Cl)cc1)C(=O)OCCOC(=O)c1cccnc1. The van der Waals surface area contributed by atoms with E-state index in [1.807, 2.05) is 0 Å². The standard InChI is InChI=1S/2C18H18ClNO5/c2*1-18(2,25-15-7-5-14(19)6-8-15)17(22)24-11-10-23-16(21)13-4-3-9-20-12-13/h2*3-9,12H,10-11H2,1-2H3. The van der Waals surface area contributed by atoms with Crippen LogP contribution in [-0.4, -0.2) is 71.5 Å². The molecule has 0 radical (unpaired) electrons. The summed E-state index contributed by atoms with van der Waals surface area (Å²) in [6.45, 7) is 6.10. The quantitative estimate of drug-likeness (QED) is 0.0784. The molecule has 0 saturated heterocycles. The van der Waals surface area contributed by atoms with Crippen LogP contribution in [0.2, 0.25) is 10.0 Å². The van der Waals surface area contributed by atoms with Crippen molar-refractivity contribution in [2.45, 2.75) is 38.9 Å². The molecule has 2 aromatic heterocycles. The van der Waals surface area contributed by atoms with E-state index in [-0.39, 0.29) is 26.4 Å². The Kier molecular flexibility index (Phi) is 15.0. The van der Waals surface area contributed by atoms with Crippen molar-refractivity contribution in [2.24, 2.45) is 0 Å². The van der Waals surface area contributed by atoms with Crippen molar-refractivity contribution in [3.63, 3.8) is 0 Å². The first-order valence-electron chi connectivity index (χ1n) is 15.1. The van der Waals surface area contributed by atoms with Gasteiger partial charge in [-0.2, -0.15) is 0 Å². The Morgan fingerprint density at radius 1 is 0.540 bits per heavy atom. The fraction of sp³-hybridized carbons (Fsp3) is 0.278. The van der Waals surface area contributed by atoms with Crippen molar-refractivity contribution in [2.75, 3.05) is 26.4 Å². The molecule has 0 amide bonds. The Morgan fingerprint density at radius 2 is 0.880 bits per heavy atom. The zero-order chi connectivity index (χ0) is 36.6. The number of benzene rings is 2. The molecule has 4 aromatic rings. The molecule has 0 N–H and O–H groups in total. The number of hydrogen-bond acceptors (Lipinski definition) is 12. The number of aromatic nitrogens is 2. The number of esters is 4. The number of carbonyl (C=O) groups excluding carboxylic acids is 4. The van der Waals surface area contributed by atoms with Crippen molar-refractivity contribution in [3.05, 3.63) is 119 Å². The topological polar surface area (TPSA) is 149 Å². The Morgan fingerprint density at radius 3 is 1.20 bits per heavy atom. The Bertz CT molecular complexity index is 1560. The molecule has 2 heterocycles. The molecule has 0 bridgehead atoms. The van der Waals surface area contributed by atoms with Crippen molar-refractivity contribution >= 4 is 47.1 Å². The van der Waals surface area contributed by atoms with Gasteiger partial charge >= 0.3 is 23.9 Å². The fourth-order valence-electron chi connectivity index (χ4n) is 3.70. The predicted octanol–water partition coefficient (Wildman–Crippen LogP) is 6.59. The summed E-state index contributed by atoms with van der Waals surface area (Å²) in [7, 11) is 0. The van der Waals surface area contributed by atoms with Crippen LogP contribution in [0.1, 0.15) is 48.4 Å². The fourth-order valence-corrected chi connectivity index (χ4v) is 3.95. The monoisotopic (exact) mass is 726 g/mol. The van der Waals surface area contributed by atoms with Gasteiger partial charge in [0.1, 0.15) is 37.9 Å².